The molecule has 0 spiro atoms. The maximum atomic E-state index is 11.8. The number of carbonyl (C=O) groups is 1. The van der Waals surface area contributed by atoms with E-state index in [1.807, 2.05) is 48.4 Å². The average molecular weight is 399 g/mol. The molecule has 1 amide bonds. The minimum absolute atomic E-state index is 0.0546. The van der Waals surface area contributed by atoms with Crippen molar-refractivity contribution in [2.24, 2.45) is 0 Å². The zero-order valence-corrected chi connectivity index (χ0v) is 16.8. The number of aromatic nitrogens is 1. The predicted molar refractivity (Wildman–Crippen MR) is 110 cm³/mol. The molecule has 1 aliphatic rings. The van der Waals surface area contributed by atoms with Gasteiger partial charge in [-0.2, -0.15) is 0 Å². The number of amides is 1. The third-order valence-corrected chi connectivity index (χ3v) is 5.64. The number of aromatic amines is 1. The molecule has 0 fully saturated rings. The number of halogens is 1. The summed E-state index contributed by atoms with van der Waals surface area (Å²) in [6.07, 6.45) is 4.47. The molecule has 1 N–H and O–H groups in total. The van der Waals surface area contributed by atoms with Gasteiger partial charge in [-0.15, -0.1) is 0 Å². The zero-order valence-electron chi connectivity index (χ0n) is 16.0. The monoisotopic (exact) mass is 398 g/mol. The van der Waals surface area contributed by atoms with Crippen LogP contribution >= 0.6 is 11.6 Å². The lowest BCUT2D eigenvalue weighted by molar-refractivity contribution is -0.120. The number of hydrogen-bond acceptors (Lipinski definition) is 3. The van der Waals surface area contributed by atoms with Crippen LogP contribution < -0.4 is 9.47 Å². The molecule has 146 valence electrons. The van der Waals surface area contributed by atoms with Crippen molar-refractivity contribution in [1.29, 1.82) is 0 Å². The SMILES string of the molecule is CCOc1cc2c(cc1OC)CCN(C=O)[C@H]2Cc1c[nH]c2cc(Cl)ccc12. The highest BCUT2D eigenvalue weighted by Gasteiger charge is 2.29. The summed E-state index contributed by atoms with van der Waals surface area (Å²) in [6.45, 7) is 3.19. The van der Waals surface area contributed by atoms with Crippen LogP contribution in [-0.2, 0) is 17.6 Å². The number of nitrogens with one attached hydrogen (secondary N) is 1. The number of ether oxygens (including phenoxy) is 2. The lowest BCUT2D eigenvalue weighted by Gasteiger charge is -2.35. The van der Waals surface area contributed by atoms with Crippen molar-refractivity contribution < 1.29 is 14.3 Å². The smallest absolute Gasteiger partial charge is 0.210 e. The summed E-state index contributed by atoms with van der Waals surface area (Å²) >= 11 is 6.11. The van der Waals surface area contributed by atoms with Crippen LogP contribution in [0.2, 0.25) is 5.02 Å². The molecule has 6 heteroatoms. The van der Waals surface area contributed by atoms with Crippen LogP contribution in [0.5, 0.6) is 11.5 Å². The van der Waals surface area contributed by atoms with Crippen LogP contribution in [0, 0.1) is 0 Å². The molecule has 1 aromatic heterocycles. The van der Waals surface area contributed by atoms with E-state index in [-0.39, 0.29) is 6.04 Å². The summed E-state index contributed by atoms with van der Waals surface area (Å²) in [7, 11) is 1.65. The summed E-state index contributed by atoms with van der Waals surface area (Å²) in [4.78, 5) is 17.0. The maximum absolute atomic E-state index is 11.8. The van der Waals surface area contributed by atoms with Gasteiger partial charge in [0.05, 0.1) is 19.8 Å². The van der Waals surface area contributed by atoms with Crippen LogP contribution in [0.4, 0.5) is 0 Å². The fourth-order valence-electron chi connectivity index (χ4n) is 4.05. The summed E-state index contributed by atoms with van der Waals surface area (Å²) in [5.74, 6) is 1.45. The van der Waals surface area contributed by atoms with Gasteiger partial charge in [0.25, 0.3) is 0 Å². The molecule has 0 aliphatic carbocycles. The quantitative estimate of drug-likeness (QED) is 0.621. The predicted octanol–water partition coefficient (Wildman–Crippen LogP) is 4.53. The molecule has 2 aromatic carbocycles. The van der Waals surface area contributed by atoms with Crippen LogP contribution in [0.25, 0.3) is 10.9 Å². The maximum Gasteiger partial charge on any atom is 0.210 e. The molecule has 2 heterocycles. The molecule has 0 unspecified atom stereocenters. The van der Waals surface area contributed by atoms with Crippen molar-refractivity contribution in [3.8, 4) is 11.5 Å². The molecule has 0 radical (unpaired) electrons. The minimum atomic E-state index is -0.0546. The Morgan fingerprint density at radius 1 is 1.29 bits per heavy atom. The van der Waals surface area contributed by atoms with E-state index in [0.717, 1.165) is 40.6 Å². The summed E-state index contributed by atoms with van der Waals surface area (Å²) in [5, 5.41) is 1.83. The van der Waals surface area contributed by atoms with Crippen molar-refractivity contribution in [3.63, 3.8) is 0 Å². The standard InChI is InChI=1S/C22H23ClN2O3/c1-3-28-22-11-18-14(9-21(22)27-2)6-7-25(13-26)20(18)8-15-12-24-19-10-16(23)4-5-17(15)19/h4-5,9-13,20,24H,3,6-8H2,1-2H3/t20-/m0/s1. The Hall–Kier alpha value is -2.66. The Bertz CT molecular complexity index is 1010. The van der Waals surface area contributed by atoms with E-state index in [9.17, 15) is 4.79 Å². The number of benzene rings is 2. The first-order chi connectivity index (χ1) is 13.6. The molecule has 0 saturated heterocycles. The molecule has 5 nitrogen and oxygen atoms in total. The molecule has 0 bridgehead atoms. The molecule has 1 atom stereocenters. The van der Waals surface area contributed by atoms with E-state index in [0.29, 0.717) is 30.3 Å². The first-order valence-corrected chi connectivity index (χ1v) is 9.82. The van der Waals surface area contributed by atoms with E-state index >= 15 is 0 Å². The number of H-pyrrole nitrogens is 1. The first kappa shape index (κ1) is 18.7. The topological polar surface area (TPSA) is 54.6 Å². The zero-order chi connectivity index (χ0) is 19.7. The van der Waals surface area contributed by atoms with Gasteiger partial charge in [-0.05, 0) is 60.7 Å². The van der Waals surface area contributed by atoms with Crippen molar-refractivity contribution >= 4 is 28.9 Å². The van der Waals surface area contributed by atoms with Crippen LogP contribution in [0.3, 0.4) is 0 Å². The number of methoxy groups -OCH3 is 1. The van der Waals surface area contributed by atoms with Gasteiger partial charge in [0.15, 0.2) is 11.5 Å². The Morgan fingerprint density at radius 3 is 2.89 bits per heavy atom. The number of hydrogen-bond donors (Lipinski definition) is 1. The summed E-state index contributed by atoms with van der Waals surface area (Å²) < 4.78 is 11.3. The van der Waals surface area contributed by atoms with E-state index in [1.54, 1.807) is 7.11 Å². The summed E-state index contributed by atoms with van der Waals surface area (Å²) in [6, 6.07) is 9.86. The highest BCUT2D eigenvalue weighted by atomic mass is 35.5. The van der Waals surface area contributed by atoms with Crippen molar-refractivity contribution in [3.05, 3.63) is 58.2 Å². The molecule has 4 rings (SSSR count). The van der Waals surface area contributed by atoms with Crippen LogP contribution in [-0.4, -0.2) is 36.6 Å². The molecule has 3 aromatic rings. The number of nitrogens with zero attached hydrogens (tertiary/aromatic N) is 1. The Morgan fingerprint density at radius 2 is 2.14 bits per heavy atom. The molecular formula is C22H23ClN2O3. The number of carbonyl (C=O) groups excluding carboxylic acids is 1. The minimum Gasteiger partial charge on any atom is -0.493 e. The van der Waals surface area contributed by atoms with Crippen molar-refractivity contribution in [2.45, 2.75) is 25.8 Å². The van der Waals surface area contributed by atoms with Crippen LogP contribution in [0.1, 0.15) is 29.7 Å². The normalized spacial score (nSPS) is 16.1. The third-order valence-electron chi connectivity index (χ3n) is 5.40. The second-order valence-corrected chi connectivity index (χ2v) is 7.39. The number of fused-ring (bicyclic) bond motifs is 2. The van der Waals surface area contributed by atoms with Gasteiger partial charge in [-0.25, -0.2) is 0 Å². The Balaban J connectivity index is 1.76. The number of rotatable bonds is 6. The van der Waals surface area contributed by atoms with Gasteiger partial charge >= 0.3 is 0 Å². The van der Waals surface area contributed by atoms with E-state index in [1.165, 1.54) is 5.56 Å². The fraction of sp³-hybridized carbons (Fsp3) is 0.318. The highest BCUT2D eigenvalue weighted by Crippen LogP contribution is 2.40. The van der Waals surface area contributed by atoms with Crippen LogP contribution in [0.15, 0.2) is 36.5 Å². The van der Waals surface area contributed by atoms with E-state index < -0.39 is 0 Å². The Labute approximate surface area is 169 Å². The highest BCUT2D eigenvalue weighted by molar-refractivity contribution is 6.31. The Kier molecular flexibility index (Phi) is 5.18. The third kappa shape index (κ3) is 3.31. The van der Waals surface area contributed by atoms with E-state index in [2.05, 4.69) is 4.98 Å². The van der Waals surface area contributed by atoms with Gasteiger partial charge in [0.1, 0.15) is 0 Å². The first-order valence-electron chi connectivity index (χ1n) is 9.44. The molecule has 1 aliphatic heterocycles. The second kappa shape index (κ2) is 7.76. The van der Waals surface area contributed by atoms with Crippen molar-refractivity contribution in [1.82, 2.24) is 9.88 Å². The average Bonchev–Trinajstić information content (AvgIpc) is 3.10. The molecule has 28 heavy (non-hydrogen) atoms. The van der Waals surface area contributed by atoms with E-state index in [4.69, 9.17) is 21.1 Å². The lowest BCUT2D eigenvalue weighted by atomic mass is 9.88. The van der Waals surface area contributed by atoms with Crippen molar-refractivity contribution in [2.75, 3.05) is 20.3 Å². The molecular weight excluding hydrogens is 376 g/mol. The van der Waals surface area contributed by atoms with Gasteiger partial charge in [-0.3, -0.25) is 4.79 Å². The fourth-order valence-corrected chi connectivity index (χ4v) is 4.22. The van der Waals surface area contributed by atoms with Gasteiger partial charge in [0.2, 0.25) is 6.41 Å². The van der Waals surface area contributed by atoms with Gasteiger partial charge in [0, 0.05) is 28.7 Å². The largest absolute Gasteiger partial charge is 0.493 e. The van der Waals surface area contributed by atoms with Gasteiger partial charge < -0.3 is 19.4 Å². The summed E-state index contributed by atoms with van der Waals surface area (Å²) in [5.41, 5.74) is 4.48. The molecule has 0 saturated carbocycles. The second-order valence-electron chi connectivity index (χ2n) is 6.95. The van der Waals surface area contributed by atoms with Gasteiger partial charge in [-0.1, -0.05) is 17.7 Å². The lowest BCUT2D eigenvalue weighted by Crippen LogP contribution is -2.35.